The van der Waals surface area contributed by atoms with E-state index in [9.17, 15) is 4.79 Å². The van der Waals surface area contributed by atoms with Crippen LogP contribution in [-0.2, 0) is 23.0 Å². The molecule has 122 valence electrons. The Balaban J connectivity index is 1.70. The Hall–Kier alpha value is -2.14. The summed E-state index contributed by atoms with van der Waals surface area (Å²) in [6.07, 6.45) is 0.373. The van der Waals surface area contributed by atoms with Gasteiger partial charge in [-0.25, -0.2) is 0 Å². The molecule has 5 nitrogen and oxygen atoms in total. The number of nitrogens with zero attached hydrogens (tertiary/aromatic N) is 3. The first-order valence-corrected chi connectivity index (χ1v) is 7.99. The topological polar surface area (TPSA) is 47.4 Å². The van der Waals surface area contributed by atoms with Crippen LogP contribution in [0, 0.1) is 13.8 Å². The third kappa shape index (κ3) is 3.29. The highest BCUT2D eigenvalue weighted by Crippen LogP contribution is 2.23. The predicted octanol–water partition coefficient (Wildman–Crippen LogP) is 2.18. The fraction of sp³-hybridized carbons (Fsp3) is 0.444. The van der Waals surface area contributed by atoms with Gasteiger partial charge in [0.15, 0.2) is 0 Å². The summed E-state index contributed by atoms with van der Waals surface area (Å²) in [6, 6.07) is 10.1. The lowest BCUT2D eigenvalue weighted by Gasteiger charge is -2.33. The van der Waals surface area contributed by atoms with E-state index in [4.69, 9.17) is 4.74 Å². The van der Waals surface area contributed by atoms with Gasteiger partial charge in [-0.2, -0.15) is 5.10 Å². The summed E-state index contributed by atoms with van der Waals surface area (Å²) < 4.78 is 7.67. The van der Waals surface area contributed by atoms with Crippen LogP contribution < -0.4 is 0 Å². The highest BCUT2D eigenvalue weighted by molar-refractivity contribution is 5.79. The van der Waals surface area contributed by atoms with Gasteiger partial charge in [0.25, 0.3) is 0 Å². The molecule has 2 aromatic rings. The van der Waals surface area contributed by atoms with Gasteiger partial charge in [-0.15, -0.1) is 0 Å². The molecule has 1 atom stereocenters. The predicted molar refractivity (Wildman–Crippen MR) is 88.1 cm³/mol. The Morgan fingerprint density at radius 3 is 2.70 bits per heavy atom. The van der Waals surface area contributed by atoms with Gasteiger partial charge in [0.2, 0.25) is 5.91 Å². The number of amides is 1. The molecule has 0 N–H and O–H groups in total. The van der Waals surface area contributed by atoms with E-state index in [0.29, 0.717) is 26.1 Å². The largest absolute Gasteiger partial charge is 0.370 e. The van der Waals surface area contributed by atoms with Crippen molar-refractivity contribution in [1.82, 2.24) is 14.7 Å². The van der Waals surface area contributed by atoms with Crippen LogP contribution in [0.3, 0.4) is 0 Å². The maximum Gasteiger partial charge on any atom is 0.227 e. The molecule has 0 spiro atoms. The number of morpholine rings is 1. The van der Waals surface area contributed by atoms with E-state index in [-0.39, 0.29) is 12.0 Å². The van der Waals surface area contributed by atoms with Crippen molar-refractivity contribution < 1.29 is 9.53 Å². The Bertz CT molecular complexity index is 694. The van der Waals surface area contributed by atoms with Crippen LogP contribution in [0.4, 0.5) is 0 Å². The lowest BCUT2D eigenvalue weighted by Crippen LogP contribution is -2.43. The van der Waals surface area contributed by atoms with Gasteiger partial charge in [0, 0.05) is 24.8 Å². The van der Waals surface area contributed by atoms with Gasteiger partial charge in [-0.3, -0.25) is 9.48 Å². The third-order valence-electron chi connectivity index (χ3n) is 4.58. The van der Waals surface area contributed by atoms with Crippen molar-refractivity contribution in [2.45, 2.75) is 26.4 Å². The Kier molecular flexibility index (Phi) is 4.48. The molecule has 1 aliphatic rings. The van der Waals surface area contributed by atoms with E-state index in [1.807, 2.05) is 60.8 Å². The molecule has 0 radical (unpaired) electrons. The normalized spacial score (nSPS) is 18.2. The minimum Gasteiger partial charge on any atom is -0.370 e. The van der Waals surface area contributed by atoms with Crippen LogP contribution in [0.1, 0.15) is 28.6 Å². The molecule has 2 heterocycles. The number of rotatable bonds is 3. The molecule has 5 heteroatoms. The van der Waals surface area contributed by atoms with Crippen LogP contribution in [0.25, 0.3) is 0 Å². The van der Waals surface area contributed by atoms with E-state index >= 15 is 0 Å². The lowest BCUT2D eigenvalue weighted by atomic mass is 10.1. The number of carbonyl (C=O) groups excluding carboxylic acids is 1. The van der Waals surface area contributed by atoms with Crippen molar-refractivity contribution in [3.05, 3.63) is 52.8 Å². The molecule has 1 saturated heterocycles. The number of aromatic nitrogens is 2. The van der Waals surface area contributed by atoms with Gasteiger partial charge in [0.05, 0.1) is 25.3 Å². The second-order valence-electron chi connectivity index (χ2n) is 6.06. The first-order valence-electron chi connectivity index (χ1n) is 7.99. The molecule has 1 fully saturated rings. The summed E-state index contributed by atoms with van der Waals surface area (Å²) in [7, 11) is 1.91. The second-order valence-corrected chi connectivity index (χ2v) is 6.06. The zero-order chi connectivity index (χ0) is 16.4. The molecule has 1 aromatic carbocycles. The van der Waals surface area contributed by atoms with Crippen LogP contribution in [0.5, 0.6) is 0 Å². The van der Waals surface area contributed by atoms with Crippen molar-refractivity contribution in [3.8, 4) is 0 Å². The summed E-state index contributed by atoms with van der Waals surface area (Å²) in [5, 5.41) is 4.39. The van der Waals surface area contributed by atoms with Crippen molar-refractivity contribution in [2.24, 2.45) is 7.05 Å². The number of hydrogen-bond donors (Lipinski definition) is 0. The monoisotopic (exact) mass is 313 g/mol. The molecule has 0 saturated carbocycles. The van der Waals surface area contributed by atoms with Gasteiger partial charge in [0.1, 0.15) is 6.10 Å². The fourth-order valence-electron chi connectivity index (χ4n) is 3.08. The summed E-state index contributed by atoms with van der Waals surface area (Å²) in [6.45, 7) is 5.81. The number of ether oxygens (including phenoxy) is 1. The first-order chi connectivity index (χ1) is 11.1. The van der Waals surface area contributed by atoms with E-state index < -0.39 is 0 Å². The molecule has 1 aromatic heterocycles. The van der Waals surface area contributed by atoms with E-state index in [2.05, 4.69) is 5.10 Å². The van der Waals surface area contributed by atoms with Gasteiger partial charge in [-0.1, -0.05) is 30.3 Å². The quantitative estimate of drug-likeness (QED) is 0.872. The summed E-state index contributed by atoms with van der Waals surface area (Å²) in [4.78, 5) is 14.6. The molecule has 1 aliphatic heterocycles. The van der Waals surface area contributed by atoms with Crippen LogP contribution in [0.15, 0.2) is 30.3 Å². The second kappa shape index (κ2) is 6.54. The van der Waals surface area contributed by atoms with E-state index in [1.54, 1.807) is 0 Å². The average Bonchev–Trinajstić information content (AvgIpc) is 2.82. The van der Waals surface area contributed by atoms with E-state index in [1.165, 1.54) is 0 Å². The smallest absolute Gasteiger partial charge is 0.227 e. The highest BCUT2D eigenvalue weighted by Gasteiger charge is 2.26. The van der Waals surface area contributed by atoms with E-state index in [0.717, 1.165) is 22.5 Å². The molecule has 23 heavy (non-hydrogen) atoms. The SMILES string of the molecule is Cc1nn(C)c(C)c1CC(=O)N1CCOC(c2ccccc2)C1. The number of hydrogen-bond acceptors (Lipinski definition) is 3. The minimum atomic E-state index is -0.0370. The molecular weight excluding hydrogens is 290 g/mol. The Labute approximate surface area is 136 Å². The maximum atomic E-state index is 12.7. The molecule has 1 unspecified atom stereocenters. The summed E-state index contributed by atoms with van der Waals surface area (Å²) in [5.41, 5.74) is 4.16. The molecular formula is C18H23N3O2. The molecule has 0 aliphatic carbocycles. The lowest BCUT2D eigenvalue weighted by molar-refractivity contribution is -0.138. The molecule has 0 bridgehead atoms. The summed E-state index contributed by atoms with van der Waals surface area (Å²) in [5.74, 6) is 0.147. The van der Waals surface area contributed by atoms with Gasteiger partial charge >= 0.3 is 0 Å². The van der Waals surface area contributed by atoms with Crippen molar-refractivity contribution in [2.75, 3.05) is 19.7 Å². The minimum absolute atomic E-state index is 0.0370. The Morgan fingerprint density at radius 2 is 2.04 bits per heavy atom. The number of aryl methyl sites for hydroxylation is 2. The zero-order valence-corrected chi connectivity index (χ0v) is 14.0. The van der Waals surface area contributed by atoms with Crippen LogP contribution >= 0.6 is 0 Å². The molecule has 1 amide bonds. The van der Waals surface area contributed by atoms with Crippen molar-refractivity contribution in [3.63, 3.8) is 0 Å². The average molecular weight is 313 g/mol. The zero-order valence-electron chi connectivity index (χ0n) is 14.0. The standard InChI is InChI=1S/C18H23N3O2/c1-13-16(14(2)20(3)19-13)11-18(22)21-9-10-23-17(12-21)15-7-5-4-6-8-15/h4-8,17H,9-12H2,1-3H3. The summed E-state index contributed by atoms with van der Waals surface area (Å²) >= 11 is 0. The number of benzene rings is 1. The van der Waals surface area contributed by atoms with Crippen LogP contribution in [0.2, 0.25) is 0 Å². The van der Waals surface area contributed by atoms with Gasteiger partial charge < -0.3 is 9.64 Å². The highest BCUT2D eigenvalue weighted by atomic mass is 16.5. The Morgan fingerprint density at radius 1 is 1.30 bits per heavy atom. The van der Waals surface area contributed by atoms with Crippen LogP contribution in [-0.4, -0.2) is 40.3 Å². The van der Waals surface area contributed by atoms with Gasteiger partial charge in [-0.05, 0) is 19.4 Å². The third-order valence-corrected chi connectivity index (χ3v) is 4.58. The maximum absolute atomic E-state index is 12.7. The number of carbonyl (C=O) groups is 1. The first kappa shape index (κ1) is 15.7. The van der Waals surface area contributed by atoms with Crippen molar-refractivity contribution in [1.29, 1.82) is 0 Å². The van der Waals surface area contributed by atoms with Crippen molar-refractivity contribution >= 4 is 5.91 Å². The fourth-order valence-corrected chi connectivity index (χ4v) is 3.08. The molecule has 3 rings (SSSR count).